The third-order valence-corrected chi connectivity index (χ3v) is 6.17. The Morgan fingerprint density at radius 2 is 1.79 bits per heavy atom. The van der Waals surface area contributed by atoms with E-state index in [1.54, 1.807) is 0 Å². The van der Waals surface area contributed by atoms with E-state index in [1.165, 1.54) is 56.9 Å². The molecule has 0 aromatic heterocycles. The van der Waals surface area contributed by atoms with Crippen LogP contribution in [0.15, 0.2) is 30.3 Å². The molecule has 1 aromatic rings. The van der Waals surface area contributed by atoms with Crippen molar-refractivity contribution in [3.05, 3.63) is 35.9 Å². The molecule has 1 fully saturated rings. The number of unbranched alkanes of at least 4 members (excludes halogenated alkanes) is 5. The van der Waals surface area contributed by atoms with Crippen molar-refractivity contribution in [1.82, 2.24) is 0 Å². The van der Waals surface area contributed by atoms with E-state index < -0.39 is 5.97 Å². The molecular formula is C25H40O4. The maximum absolute atomic E-state index is 10.9. The van der Waals surface area contributed by atoms with Gasteiger partial charge in [-0.05, 0) is 50.0 Å². The van der Waals surface area contributed by atoms with Gasteiger partial charge >= 0.3 is 5.97 Å². The number of aryl methyl sites for hydroxylation is 1. The van der Waals surface area contributed by atoms with Crippen LogP contribution in [-0.2, 0) is 21.0 Å². The Bertz CT molecular complexity index is 588. The highest BCUT2D eigenvalue weighted by Gasteiger charge is 2.40. The molecule has 4 atom stereocenters. The molecule has 0 unspecified atom stereocenters. The van der Waals surface area contributed by atoms with Gasteiger partial charge < -0.3 is 5.11 Å². The van der Waals surface area contributed by atoms with Crippen LogP contribution in [0.25, 0.3) is 0 Å². The fourth-order valence-electron chi connectivity index (χ4n) is 4.66. The number of benzene rings is 1. The lowest BCUT2D eigenvalue weighted by atomic mass is 9.81. The average molecular weight is 405 g/mol. The summed E-state index contributed by atoms with van der Waals surface area (Å²) in [6.07, 6.45) is 11.8. The predicted molar refractivity (Wildman–Crippen MR) is 117 cm³/mol. The van der Waals surface area contributed by atoms with Gasteiger partial charge in [-0.2, -0.15) is 0 Å². The second-order valence-electron chi connectivity index (χ2n) is 9.40. The Labute approximate surface area is 176 Å². The molecule has 1 aliphatic heterocycles. The zero-order valence-electron chi connectivity index (χ0n) is 18.6. The van der Waals surface area contributed by atoms with E-state index in [2.05, 4.69) is 51.1 Å². The summed E-state index contributed by atoms with van der Waals surface area (Å²) in [5, 5.41) is 8.96. The number of hydrogen-bond donors (Lipinski definition) is 1. The van der Waals surface area contributed by atoms with Crippen molar-refractivity contribution in [2.24, 2.45) is 11.8 Å². The second kappa shape index (κ2) is 12.3. The van der Waals surface area contributed by atoms with Crippen LogP contribution in [0.2, 0.25) is 0 Å². The SMILES string of the molecule is C[C@H](CCCCCCCCc1ccccc1)C[C@]1(C)C[C@H](C)[C@H](CC(=O)O)OO1. The van der Waals surface area contributed by atoms with Crippen LogP contribution < -0.4 is 0 Å². The maximum atomic E-state index is 10.9. The smallest absolute Gasteiger partial charge is 0.306 e. The highest BCUT2D eigenvalue weighted by Crippen LogP contribution is 2.37. The standard InChI is InChI=1S/C25H40O4/c1-20(18-25(3)19-21(2)23(28-29-25)17-24(26)27)13-9-6-4-5-7-10-14-22-15-11-8-12-16-22/h8,11-12,15-16,20-21,23H,4-7,9-10,13-14,17-19H2,1-3H3,(H,26,27)/t20-,21+,23+,25-/m1/s1. The first-order valence-corrected chi connectivity index (χ1v) is 11.5. The number of carboxylic acid groups (broad SMARTS) is 1. The van der Waals surface area contributed by atoms with Crippen molar-refractivity contribution < 1.29 is 19.7 Å². The highest BCUT2D eigenvalue weighted by molar-refractivity contribution is 5.67. The molecule has 0 radical (unpaired) electrons. The Balaban J connectivity index is 1.52. The number of aliphatic carboxylic acids is 1. The molecular weight excluding hydrogens is 364 g/mol. The summed E-state index contributed by atoms with van der Waals surface area (Å²) in [5.74, 6) is -0.0414. The molecule has 1 heterocycles. The second-order valence-corrected chi connectivity index (χ2v) is 9.40. The van der Waals surface area contributed by atoms with Gasteiger partial charge in [0.15, 0.2) is 0 Å². The lowest BCUT2D eigenvalue weighted by Crippen LogP contribution is -2.44. The van der Waals surface area contributed by atoms with Crippen LogP contribution in [0.4, 0.5) is 0 Å². The lowest BCUT2D eigenvalue weighted by Gasteiger charge is -2.40. The lowest BCUT2D eigenvalue weighted by molar-refractivity contribution is -0.418. The molecule has 0 bridgehead atoms. The van der Waals surface area contributed by atoms with Gasteiger partial charge in [-0.25, -0.2) is 9.78 Å². The minimum Gasteiger partial charge on any atom is -0.481 e. The summed E-state index contributed by atoms with van der Waals surface area (Å²) in [7, 11) is 0. The van der Waals surface area contributed by atoms with Crippen molar-refractivity contribution in [3.63, 3.8) is 0 Å². The topological polar surface area (TPSA) is 55.8 Å². The number of carboxylic acids is 1. The van der Waals surface area contributed by atoms with Crippen molar-refractivity contribution in [3.8, 4) is 0 Å². The molecule has 4 heteroatoms. The Morgan fingerprint density at radius 1 is 1.14 bits per heavy atom. The van der Waals surface area contributed by atoms with Gasteiger partial charge in [0.1, 0.15) is 11.7 Å². The Morgan fingerprint density at radius 3 is 2.45 bits per heavy atom. The molecule has 1 saturated heterocycles. The third-order valence-electron chi connectivity index (χ3n) is 6.17. The van der Waals surface area contributed by atoms with E-state index in [-0.39, 0.29) is 24.0 Å². The van der Waals surface area contributed by atoms with Gasteiger partial charge in [-0.3, -0.25) is 4.79 Å². The van der Waals surface area contributed by atoms with E-state index in [4.69, 9.17) is 14.9 Å². The van der Waals surface area contributed by atoms with Gasteiger partial charge in [-0.1, -0.05) is 82.7 Å². The van der Waals surface area contributed by atoms with E-state index in [9.17, 15) is 4.79 Å². The molecule has 1 aliphatic rings. The van der Waals surface area contributed by atoms with Gasteiger partial charge in [0.05, 0.1) is 6.42 Å². The van der Waals surface area contributed by atoms with Crippen LogP contribution in [-0.4, -0.2) is 22.8 Å². The van der Waals surface area contributed by atoms with E-state index in [1.807, 2.05) is 0 Å². The molecule has 1 N–H and O–H groups in total. The van der Waals surface area contributed by atoms with E-state index in [0.29, 0.717) is 5.92 Å². The molecule has 4 nitrogen and oxygen atoms in total. The quantitative estimate of drug-likeness (QED) is 0.298. The van der Waals surface area contributed by atoms with Crippen LogP contribution in [0, 0.1) is 11.8 Å². The normalized spacial score (nSPS) is 25.6. The van der Waals surface area contributed by atoms with Gasteiger partial charge in [0.2, 0.25) is 0 Å². The van der Waals surface area contributed by atoms with Crippen LogP contribution >= 0.6 is 0 Å². The first-order chi connectivity index (χ1) is 13.9. The number of hydrogen-bond acceptors (Lipinski definition) is 3. The van der Waals surface area contributed by atoms with Crippen molar-refractivity contribution >= 4 is 5.97 Å². The molecule has 29 heavy (non-hydrogen) atoms. The average Bonchev–Trinajstić information content (AvgIpc) is 2.66. The predicted octanol–water partition coefficient (Wildman–Crippen LogP) is 6.58. The van der Waals surface area contributed by atoms with Crippen LogP contribution in [0.1, 0.15) is 90.5 Å². The molecule has 0 saturated carbocycles. The first-order valence-electron chi connectivity index (χ1n) is 11.5. The first kappa shape index (κ1) is 23.9. The number of carbonyl (C=O) groups is 1. The molecule has 0 spiro atoms. The van der Waals surface area contributed by atoms with Crippen LogP contribution in [0.5, 0.6) is 0 Å². The zero-order valence-corrected chi connectivity index (χ0v) is 18.6. The minimum absolute atomic E-state index is 0.0121. The van der Waals surface area contributed by atoms with Gasteiger partial charge in [0.25, 0.3) is 0 Å². The van der Waals surface area contributed by atoms with Gasteiger partial charge in [0, 0.05) is 0 Å². The fourth-order valence-corrected chi connectivity index (χ4v) is 4.66. The molecule has 1 aromatic carbocycles. The molecule has 0 amide bonds. The van der Waals surface area contributed by atoms with E-state index >= 15 is 0 Å². The largest absolute Gasteiger partial charge is 0.481 e. The maximum Gasteiger partial charge on any atom is 0.306 e. The minimum atomic E-state index is -0.831. The highest BCUT2D eigenvalue weighted by atomic mass is 17.2. The summed E-state index contributed by atoms with van der Waals surface area (Å²) in [6, 6.07) is 10.8. The third kappa shape index (κ3) is 9.31. The Kier molecular flexibility index (Phi) is 10.2. The summed E-state index contributed by atoms with van der Waals surface area (Å²) in [4.78, 5) is 22.0. The zero-order chi connectivity index (χ0) is 21.1. The monoisotopic (exact) mass is 404 g/mol. The summed E-state index contributed by atoms with van der Waals surface area (Å²) in [5.41, 5.74) is 1.15. The molecule has 0 aliphatic carbocycles. The summed E-state index contributed by atoms with van der Waals surface area (Å²) < 4.78 is 0. The summed E-state index contributed by atoms with van der Waals surface area (Å²) >= 11 is 0. The molecule has 2 rings (SSSR count). The summed E-state index contributed by atoms with van der Waals surface area (Å²) in [6.45, 7) is 6.46. The van der Waals surface area contributed by atoms with Crippen molar-refractivity contribution in [1.29, 1.82) is 0 Å². The van der Waals surface area contributed by atoms with E-state index in [0.717, 1.165) is 12.8 Å². The fraction of sp³-hybridized carbons (Fsp3) is 0.720. The van der Waals surface area contributed by atoms with Crippen molar-refractivity contribution in [2.45, 2.75) is 103 Å². The van der Waals surface area contributed by atoms with Crippen molar-refractivity contribution in [2.75, 3.05) is 0 Å². The van der Waals surface area contributed by atoms with Gasteiger partial charge in [-0.15, -0.1) is 0 Å². The Hall–Kier alpha value is -1.39. The van der Waals surface area contributed by atoms with Crippen LogP contribution in [0.3, 0.4) is 0 Å². The molecule has 164 valence electrons. The number of rotatable bonds is 13.